The Kier molecular flexibility index (Phi) is 6.65. The van der Waals surface area contributed by atoms with Crippen molar-refractivity contribution in [2.45, 2.75) is 72.6 Å². The van der Waals surface area contributed by atoms with E-state index in [2.05, 4.69) is 4.98 Å². The van der Waals surface area contributed by atoms with Crippen LogP contribution in [0.1, 0.15) is 59.1 Å². The van der Waals surface area contributed by atoms with Crippen molar-refractivity contribution in [1.29, 1.82) is 0 Å². The van der Waals surface area contributed by atoms with Gasteiger partial charge >= 0.3 is 6.09 Å². The number of carbonyl (C=O) groups is 1. The normalized spacial score (nSPS) is 15.9. The van der Waals surface area contributed by atoms with Gasteiger partial charge in [-0.1, -0.05) is 11.6 Å². The number of rotatable bonds is 4. The van der Waals surface area contributed by atoms with Crippen LogP contribution in [0.5, 0.6) is 0 Å². The molecule has 0 atom stereocenters. The van der Waals surface area contributed by atoms with Gasteiger partial charge in [0.2, 0.25) is 5.88 Å². The molecule has 2 rings (SSSR count). The van der Waals surface area contributed by atoms with E-state index in [0.29, 0.717) is 23.2 Å². The molecule has 154 valence electrons. The molecular weight excluding hydrogens is 380 g/mol. The number of carbonyl (C=O) groups excluding carboxylic acids is 1. The van der Waals surface area contributed by atoms with Gasteiger partial charge in [-0.05, 0) is 71.7 Å². The molecule has 0 saturated heterocycles. The summed E-state index contributed by atoms with van der Waals surface area (Å²) < 4.78 is 17.4. The fraction of sp³-hybridized carbons (Fsp3) is 0.524. The SMILES string of the molecule is Cc1c(CN(C(=O)OC(C)(C)C)C(OC(C)(C)C)=C2CC=CO2)ccnc1Cl. The summed E-state index contributed by atoms with van der Waals surface area (Å²) in [4.78, 5) is 18.6. The van der Waals surface area contributed by atoms with Crippen LogP contribution in [-0.4, -0.2) is 27.2 Å². The Bertz CT molecular complexity index is 779. The average Bonchev–Trinajstić information content (AvgIpc) is 3.06. The third-order valence-corrected chi connectivity index (χ3v) is 4.07. The second kappa shape index (κ2) is 8.43. The number of pyridine rings is 1. The summed E-state index contributed by atoms with van der Waals surface area (Å²) in [5, 5.41) is 0.395. The number of allylic oxidation sites excluding steroid dienone is 1. The van der Waals surface area contributed by atoms with E-state index < -0.39 is 17.3 Å². The molecule has 0 unspecified atom stereocenters. The van der Waals surface area contributed by atoms with Crippen LogP contribution in [0.25, 0.3) is 0 Å². The van der Waals surface area contributed by atoms with Crippen molar-refractivity contribution in [3.63, 3.8) is 0 Å². The monoisotopic (exact) mass is 408 g/mol. The first-order chi connectivity index (χ1) is 12.9. The molecule has 28 heavy (non-hydrogen) atoms. The maximum atomic E-state index is 13.1. The minimum absolute atomic E-state index is 0.210. The fourth-order valence-electron chi connectivity index (χ4n) is 2.45. The lowest BCUT2D eigenvalue weighted by molar-refractivity contribution is -0.0264. The Morgan fingerprint density at radius 3 is 2.39 bits per heavy atom. The molecule has 6 nitrogen and oxygen atoms in total. The Hall–Kier alpha value is -2.21. The van der Waals surface area contributed by atoms with E-state index in [-0.39, 0.29) is 6.54 Å². The summed E-state index contributed by atoms with van der Waals surface area (Å²) in [6.45, 7) is 13.3. The van der Waals surface area contributed by atoms with Crippen molar-refractivity contribution in [3.05, 3.63) is 52.5 Å². The van der Waals surface area contributed by atoms with Crippen molar-refractivity contribution in [2.75, 3.05) is 0 Å². The van der Waals surface area contributed by atoms with E-state index in [1.54, 1.807) is 12.5 Å². The van der Waals surface area contributed by atoms with Gasteiger partial charge in [0.05, 0.1) is 12.8 Å². The number of ether oxygens (including phenoxy) is 3. The third kappa shape index (κ3) is 6.16. The van der Waals surface area contributed by atoms with E-state index in [1.807, 2.05) is 60.6 Å². The molecule has 0 radical (unpaired) electrons. The second-order valence-corrected chi connectivity index (χ2v) is 8.95. The molecule has 0 bridgehead atoms. The molecule has 0 N–H and O–H groups in total. The van der Waals surface area contributed by atoms with Crippen molar-refractivity contribution in [1.82, 2.24) is 9.88 Å². The van der Waals surface area contributed by atoms with E-state index in [4.69, 9.17) is 25.8 Å². The standard InChI is InChI=1S/C21H29ClN2O4/c1-14-15(10-11-23-17(14)22)13-24(19(25)28-21(5,6)7)18(27-20(2,3)4)16-9-8-12-26-16/h8,10-12H,9,13H2,1-7H3. The number of hydrogen-bond donors (Lipinski definition) is 0. The van der Waals surface area contributed by atoms with Gasteiger partial charge in [0, 0.05) is 12.6 Å². The van der Waals surface area contributed by atoms with Crippen LogP contribution in [0.4, 0.5) is 4.79 Å². The van der Waals surface area contributed by atoms with Crippen LogP contribution in [-0.2, 0) is 20.8 Å². The van der Waals surface area contributed by atoms with Gasteiger partial charge in [-0.3, -0.25) is 0 Å². The highest BCUT2D eigenvalue weighted by molar-refractivity contribution is 6.30. The van der Waals surface area contributed by atoms with Gasteiger partial charge in [0.1, 0.15) is 16.4 Å². The molecule has 1 amide bonds. The number of halogens is 1. The Balaban J connectivity index is 2.49. The number of amides is 1. The predicted octanol–water partition coefficient (Wildman–Crippen LogP) is 5.70. The van der Waals surface area contributed by atoms with Crippen LogP contribution in [0.15, 0.2) is 36.2 Å². The van der Waals surface area contributed by atoms with Gasteiger partial charge in [-0.15, -0.1) is 0 Å². The highest BCUT2D eigenvalue weighted by Crippen LogP contribution is 2.30. The topological polar surface area (TPSA) is 60.9 Å². The number of aromatic nitrogens is 1. The molecular formula is C21H29ClN2O4. The highest BCUT2D eigenvalue weighted by atomic mass is 35.5. The van der Waals surface area contributed by atoms with Crippen LogP contribution >= 0.6 is 11.6 Å². The number of nitrogens with zero attached hydrogens (tertiary/aromatic N) is 2. The van der Waals surface area contributed by atoms with Crippen LogP contribution in [0, 0.1) is 6.92 Å². The summed E-state index contributed by atoms with van der Waals surface area (Å²) in [6.07, 6.45) is 5.07. The van der Waals surface area contributed by atoms with Crippen molar-refractivity contribution < 1.29 is 19.0 Å². The Morgan fingerprint density at radius 2 is 1.86 bits per heavy atom. The van der Waals surface area contributed by atoms with Crippen LogP contribution < -0.4 is 0 Å². The molecule has 0 fully saturated rings. The van der Waals surface area contributed by atoms with Crippen molar-refractivity contribution in [2.24, 2.45) is 0 Å². The number of hydrogen-bond acceptors (Lipinski definition) is 5. The first-order valence-electron chi connectivity index (χ1n) is 9.22. The molecule has 0 aromatic carbocycles. The lowest BCUT2D eigenvalue weighted by Crippen LogP contribution is -2.39. The summed E-state index contributed by atoms with van der Waals surface area (Å²) in [5.74, 6) is 0.887. The Morgan fingerprint density at radius 1 is 1.21 bits per heavy atom. The molecule has 0 saturated carbocycles. The van der Waals surface area contributed by atoms with Crippen LogP contribution in [0.3, 0.4) is 0 Å². The molecule has 1 aromatic rings. The minimum Gasteiger partial charge on any atom is -0.471 e. The van der Waals surface area contributed by atoms with Gasteiger partial charge < -0.3 is 14.2 Å². The zero-order chi connectivity index (χ0) is 21.1. The maximum absolute atomic E-state index is 13.1. The fourth-order valence-corrected chi connectivity index (χ4v) is 2.63. The first kappa shape index (κ1) is 22.1. The molecule has 7 heteroatoms. The summed E-state index contributed by atoms with van der Waals surface area (Å²) in [7, 11) is 0. The Labute approximate surface area is 172 Å². The van der Waals surface area contributed by atoms with Crippen molar-refractivity contribution >= 4 is 17.7 Å². The van der Waals surface area contributed by atoms with Gasteiger partial charge in [0.15, 0.2) is 5.76 Å². The lowest BCUT2D eigenvalue weighted by atomic mass is 10.1. The molecule has 1 aliphatic rings. The van der Waals surface area contributed by atoms with Crippen LogP contribution in [0.2, 0.25) is 5.15 Å². The molecule has 1 aliphatic heterocycles. The predicted molar refractivity (Wildman–Crippen MR) is 108 cm³/mol. The minimum atomic E-state index is -0.660. The molecule has 0 aliphatic carbocycles. The largest absolute Gasteiger partial charge is 0.471 e. The molecule has 1 aromatic heterocycles. The summed E-state index contributed by atoms with van der Waals surface area (Å²) in [6, 6.07) is 1.83. The van der Waals surface area contributed by atoms with E-state index >= 15 is 0 Å². The quantitative estimate of drug-likeness (QED) is 0.472. The zero-order valence-corrected chi connectivity index (χ0v) is 18.4. The van der Waals surface area contributed by atoms with E-state index in [1.165, 1.54) is 4.90 Å². The van der Waals surface area contributed by atoms with Gasteiger partial charge in [-0.25, -0.2) is 14.7 Å². The highest BCUT2D eigenvalue weighted by Gasteiger charge is 2.32. The van der Waals surface area contributed by atoms with E-state index in [9.17, 15) is 4.79 Å². The summed E-state index contributed by atoms with van der Waals surface area (Å²) in [5.41, 5.74) is 0.433. The molecule has 2 heterocycles. The zero-order valence-electron chi connectivity index (χ0n) is 17.6. The third-order valence-electron chi connectivity index (χ3n) is 3.69. The van der Waals surface area contributed by atoms with Gasteiger partial charge in [-0.2, -0.15) is 0 Å². The maximum Gasteiger partial charge on any atom is 0.417 e. The first-order valence-corrected chi connectivity index (χ1v) is 9.59. The van der Waals surface area contributed by atoms with Crippen molar-refractivity contribution in [3.8, 4) is 0 Å². The lowest BCUT2D eigenvalue weighted by Gasteiger charge is -2.33. The van der Waals surface area contributed by atoms with Gasteiger partial charge in [0.25, 0.3) is 0 Å². The molecule has 0 spiro atoms. The average molecular weight is 409 g/mol. The van der Waals surface area contributed by atoms with E-state index in [0.717, 1.165) is 11.1 Å². The summed E-state index contributed by atoms with van der Waals surface area (Å²) >= 11 is 6.17. The second-order valence-electron chi connectivity index (χ2n) is 8.59. The smallest absolute Gasteiger partial charge is 0.417 e.